The zero-order chi connectivity index (χ0) is 12.7. The fourth-order valence-corrected chi connectivity index (χ4v) is 1.25. The van der Waals surface area contributed by atoms with Crippen molar-refractivity contribution in [1.29, 1.82) is 10.5 Å². The van der Waals surface area contributed by atoms with Gasteiger partial charge in [-0.3, -0.25) is 4.79 Å². The van der Waals surface area contributed by atoms with Gasteiger partial charge in [0.25, 0.3) is 5.91 Å². The van der Waals surface area contributed by atoms with Crippen LogP contribution in [0.5, 0.6) is 5.75 Å². The van der Waals surface area contributed by atoms with Crippen molar-refractivity contribution < 1.29 is 9.53 Å². The molecule has 0 unspecified atom stereocenters. The molecule has 86 valence electrons. The molecule has 1 aromatic carbocycles. The Morgan fingerprint density at radius 2 is 2.24 bits per heavy atom. The number of hydrogen-bond acceptors (Lipinski definition) is 4. The SMILES string of the molecule is N#CCNC(=O)COc1ccc(C#N)cc1Cl. The number of nitriles is 2. The van der Waals surface area contributed by atoms with Crippen LogP contribution in [0.3, 0.4) is 0 Å². The van der Waals surface area contributed by atoms with E-state index in [1.165, 1.54) is 18.2 Å². The molecule has 1 amide bonds. The number of nitrogens with one attached hydrogen (secondary N) is 1. The number of halogens is 1. The van der Waals surface area contributed by atoms with Gasteiger partial charge in [-0.1, -0.05) is 11.6 Å². The molecule has 0 aliphatic heterocycles. The van der Waals surface area contributed by atoms with Gasteiger partial charge in [0.2, 0.25) is 0 Å². The summed E-state index contributed by atoms with van der Waals surface area (Å²) in [6.45, 7) is -0.295. The molecule has 0 aliphatic rings. The van der Waals surface area contributed by atoms with Crippen LogP contribution in [0.1, 0.15) is 5.56 Å². The van der Waals surface area contributed by atoms with Gasteiger partial charge in [-0.2, -0.15) is 10.5 Å². The molecule has 1 N–H and O–H groups in total. The van der Waals surface area contributed by atoms with Gasteiger partial charge in [0.05, 0.1) is 22.7 Å². The highest BCUT2D eigenvalue weighted by Crippen LogP contribution is 2.24. The van der Waals surface area contributed by atoms with Crippen LogP contribution in [0, 0.1) is 22.7 Å². The Morgan fingerprint density at radius 1 is 1.47 bits per heavy atom. The van der Waals surface area contributed by atoms with Crippen molar-refractivity contribution in [3.8, 4) is 17.9 Å². The Morgan fingerprint density at radius 3 is 2.82 bits per heavy atom. The van der Waals surface area contributed by atoms with Crippen LogP contribution in [-0.4, -0.2) is 19.1 Å². The summed E-state index contributed by atoms with van der Waals surface area (Å²) in [5.74, 6) is -0.0928. The smallest absolute Gasteiger partial charge is 0.258 e. The summed E-state index contributed by atoms with van der Waals surface area (Å²) in [6.07, 6.45) is 0. The van der Waals surface area contributed by atoms with Crippen molar-refractivity contribution in [2.45, 2.75) is 0 Å². The van der Waals surface area contributed by atoms with Gasteiger partial charge in [0, 0.05) is 0 Å². The molecular weight excluding hydrogens is 242 g/mol. The third kappa shape index (κ3) is 4.02. The second-order valence-corrected chi connectivity index (χ2v) is 3.39. The van der Waals surface area contributed by atoms with Gasteiger partial charge in [-0.05, 0) is 18.2 Å². The van der Waals surface area contributed by atoms with E-state index in [2.05, 4.69) is 5.32 Å². The molecule has 0 saturated heterocycles. The summed E-state index contributed by atoms with van der Waals surface area (Å²) >= 11 is 5.84. The second-order valence-electron chi connectivity index (χ2n) is 2.98. The van der Waals surface area contributed by atoms with Crippen molar-refractivity contribution in [3.05, 3.63) is 28.8 Å². The van der Waals surface area contributed by atoms with E-state index in [0.29, 0.717) is 11.3 Å². The first kappa shape index (κ1) is 12.8. The summed E-state index contributed by atoms with van der Waals surface area (Å²) in [6, 6.07) is 8.20. The number of ether oxygens (including phenoxy) is 1. The maximum atomic E-state index is 11.1. The molecule has 6 heteroatoms. The van der Waals surface area contributed by atoms with Crippen LogP contribution in [-0.2, 0) is 4.79 Å². The maximum absolute atomic E-state index is 11.1. The molecule has 0 atom stereocenters. The van der Waals surface area contributed by atoms with Gasteiger partial charge in [0.15, 0.2) is 6.61 Å². The van der Waals surface area contributed by atoms with E-state index >= 15 is 0 Å². The molecule has 5 nitrogen and oxygen atoms in total. The minimum atomic E-state index is -0.410. The molecule has 0 fully saturated rings. The number of carbonyl (C=O) groups excluding carboxylic acids is 1. The second kappa shape index (κ2) is 6.37. The van der Waals surface area contributed by atoms with Gasteiger partial charge in [-0.15, -0.1) is 0 Å². The largest absolute Gasteiger partial charge is 0.482 e. The quantitative estimate of drug-likeness (QED) is 0.813. The van der Waals surface area contributed by atoms with Crippen LogP contribution in [0.25, 0.3) is 0 Å². The van der Waals surface area contributed by atoms with Gasteiger partial charge in [-0.25, -0.2) is 0 Å². The minimum Gasteiger partial charge on any atom is -0.482 e. The summed E-state index contributed by atoms with van der Waals surface area (Å²) in [4.78, 5) is 11.1. The number of nitrogens with zero attached hydrogens (tertiary/aromatic N) is 2. The number of benzene rings is 1. The monoisotopic (exact) mass is 249 g/mol. The highest BCUT2D eigenvalue weighted by molar-refractivity contribution is 6.32. The third-order valence-electron chi connectivity index (χ3n) is 1.78. The fourth-order valence-electron chi connectivity index (χ4n) is 1.02. The number of hydrogen-bond donors (Lipinski definition) is 1. The van der Waals surface area contributed by atoms with Crippen molar-refractivity contribution in [3.63, 3.8) is 0 Å². The van der Waals surface area contributed by atoms with E-state index in [1.54, 1.807) is 6.07 Å². The Hall–Kier alpha value is -2.24. The molecule has 17 heavy (non-hydrogen) atoms. The summed E-state index contributed by atoms with van der Waals surface area (Å²) in [5.41, 5.74) is 0.413. The van der Waals surface area contributed by atoms with Gasteiger partial charge < -0.3 is 10.1 Å². The minimum absolute atomic E-state index is 0.0662. The lowest BCUT2D eigenvalue weighted by atomic mass is 10.2. The Labute approximate surface area is 103 Å². The summed E-state index contributed by atoms with van der Waals surface area (Å²) in [5, 5.41) is 19.5. The lowest BCUT2D eigenvalue weighted by molar-refractivity contribution is -0.122. The highest BCUT2D eigenvalue weighted by Gasteiger charge is 2.06. The molecule has 0 spiro atoms. The van der Waals surface area contributed by atoms with Crippen molar-refractivity contribution >= 4 is 17.5 Å². The lowest BCUT2D eigenvalue weighted by Crippen LogP contribution is -2.29. The van der Waals surface area contributed by atoms with Crippen molar-refractivity contribution in [1.82, 2.24) is 5.32 Å². The first-order chi connectivity index (χ1) is 8.17. The van der Waals surface area contributed by atoms with Crippen LogP contribution < -0.4 is 10.1 Å². The molecular formula is C11H8ClN3O2. The van der Waals surface area contributed by atoms with E-state index in [1.807, 2.05) is 6.07 Å². The predicted octanol–water partition coefficient (Wildman–Crippen LogP) is 1.23. The molecule has 0 aromatic heterocycles. The third-order valence-corrected chi connectivity index (χ3v) is 2.08. The van der Waals surface area contributed by atoms with E-state index in [-0.39, 0.29) is 18.2 Å². The van der Waals surface area contributed by atoms with Crippen molar-refractivity contribution in [2.24, 2.45) is 0 Å². The van der Waals surface area contributed by atoms with Crippen LogP contribution in [0.4, 0.5) is 0 Å². The fraction of sp³-hybridized carbons (Fsp3) is 0.182. The van der Waals surface area contributed by atoms with Gasteiger partial charge in [0.1, 0.15) is 12.3 Å². The maximum Gasteiger partial charge on any atom is 0.258 e. The molecule has 0 saturated carbocycles. The molecule has 0 aliphatic carbocycles. The number of carbonyl (C=O) groups is 1. The standard InChI is InChI=1S/C11H8ClN3O2/c12-9-5-8(6-14)1-2-10(9)17-7-11(16)15-4-3-13/h1-2,5H,4,7H2,(H,15,16). The Balaban J connectivity index is 2.56. The predicted molar refractivity (Wildman–Crippen MR) is 60.3 cm³/mol. The van der Waals surface area contributed by atoms with E-state index in [9.17, 15) is 4.79 Å². The summed E-state index contributed by atoms with van der Waals surface area (Å²) in [7, 11) is 0. The molecule has 0 radical (unpaired) electrons. The molecule has 0 heterocycles. The van der Waals surface area contributed by atoms with E-state index in [4.69, 9.17) is 26.9 Å². The lowest BCUT2D eigenvalue weighted by Gasteiger charge is -2.07. The summed E-state index contributed by atoms with van der Waals surface area (Å²) < 4.78 is 5.13. The van der Waals surface area contributed by atoms with Crippen LogP contribution >= 0.6 is 11.6 Å². The zero-order valence-electron chi connectivity index (χ0n) is 8.74. The zero-order valence-corrected chi connectivity index (χ0v) is 9.49. The Kier molecular flexibility index (Phi) is 4.80. The normalized spacial score (nSPS) is 8.88. The molecule has 1 rings (SSSR count). The molecule has 0 bridgehead atoms. The van der Waals surface area contributed by atoms with Gasteiger partial charge >= 0.3 is 0 Å². The van der Waals surface area contributed by atoms with Crippen LogP contribution in [0.2, 0.25) is 5.02 Å². The topological polar surface area (TPSA) is 85.9 Å². The first-order valence-electron chi connectivity index (χ1n) is 4.63. The van der Waals surface area contributed by atoms with E-state index < -0.39 is 5.91 Å². The number of rotatable bonds is 4. The molecule has 1 aromatic rings. The first-order valence-corrected chi connectivity index (χ1v) is 5.01. The highest BCUT2D eigenvalue weighted by atomic mass is 35.5. The van der Waals surface area contributed by atoms with Crippen LogP contribution in [0.15, 0.2) is 18.2 Å². The average molecular weight is 250 g/mol. The van der Waals surface area contributed by atoms with E-state index in [0.717, 1.165) is 0 Å². The Bertz CT molecular complexity index is 502. The number of amides is 1. The van der Waals surface area contributed by atoms with Crippen molar-refractivity contribution in [2.75, 3.05) is 13.2 Å². The average Bonchev–Trinajstić information content (AvgIpc) is 2.34.